The highest BCUT2D eigenvalue weighted by atomic mass is 35.5. The van der Waals surface area contributed by atoms with E-state index >= 15 is 0 Å². The molecule has 2 aliphatic rings. The quantitative estimate of drug-likeness (QED) is 0.815. The molecular weight excluding hydrogens is 390 g/mol. The molecule has 8 heteroatoms. The van der Waals surface area contributed by atoms with Gasteiger partial charge in [-0.2, -0.15) is 15.8 Å². The van der Waals surface area contributed by atoms with Crippen molar-refractivity contribution in [2.24, 2.45) is 23.8 Å². The molecule has 1 aromatic heterocycles. The first-order valence-corrected chi connectivity index (χ1v) is 9.27. The zero-order valence-electron chi connectivity index (χ0n) is 15.7. The van der Waals surface area contributed by atoms with Gasteiger partial charge >= 0.3 is 0 Å². The second kappa shape index (κ2) is 6.09. The summed E-state index contributed by atoms with van der Waals surface area (Å²) in [6, 6.07) is 16.4. The summed E-state index contributed by atoms with van der Waals surface area (Å²) >= 11 is 6.02. The molecule has 2 saturated heterocycles. The number of aromatic nitrogens is 1. The second-order valence-electron chi connectivity index (χ2n) is 7.32. The first-order valence-electron chi connectivity index (χ1n) is 8.90. The summed E-state index contributed by atoms with van der Waals surface area (Å²) < 4.78 is 14.0. The Hall–Kier alpha value is -3.31. The molecule has 2 aliphatic heterocycles. The van der Waals surface area contributed by atoms with Gasteiger partial charge in [0.1, 0.15) is 6.10 Å². The molecule has 4 rings (SSSR count). The predicted molar refractivity (Wildman–Crippen MR) is 102 cm³/mol. The number of hydrogen-bond donors (Lipinski definition) is 1. The number of aryl methyl sites for hydroxylation is 1. The van der Waals surface area contributed by atoms with E-state index in [1.54, 1.807) is 61.1 Å². The van der Waals surface area contributed by atoms with Crippen molar-refractivity contribution in [2.75, 3.05) is 0 Å². The fraction of sp³-hybridized carbons (Fsp3) is 0.333. The van der Waals surface area contributed by atoms with Crippen LogP contribution in [0.5, 0.6) is 0 Å². The van der Waals surface area contributed by atoms with Crippen molar-refractivity contribution >= 4 is 17.5 Å². The number of hydrogen-bond acceptors (Lipinski definition) is 6. The van der Waals surface area contributed by atoms with Crippen LogP contribution in [-0.2, 0) is 22.3 Å². The molecular formula is C21H16ClN5O2. The minimum Gasteiger partial charge on any atom is -0.443 e. The number of rotatable bonds is 2. The fourth-order valence-electron chi connectivity index (χ4n) is 4.56. The summed E-state index contributed by atoms with van der Waals surface area (Å²) in [6.45, 7) is 1.67. The normalized spacial score (nSPS) is 31.9. The molecule has 29 heavy (non-hydrogen) atoms. The van der Waals surface area contributed by atoms with Crippen LogP contribution in [0.15, 0.2) is 42.6 Å². The van der Waals surface area contributed by atoms with Gasteiger partial charge in [-0.25, -0.2) is 0 Å². The van der Waals surface area contributed by atoms with Crippen LogP contribution in [-0.4, -0.2) is 10.5 Å². The highest BCUT2D eigenvalue weighted by molar-refractivity contribution is 6.30. The van der Waals surface area contributed by atoms with Crippen molar-refractivity contribution in [3.05, 3.63) is 58.9 Å². The van der Waals surface area contributed by atoms with Crippen molar-refractivity contribution in [3.63, 3.8) is 0 Å². The summed E-state index contributed by atoms with van der Waals surface area (Å²) in [5, 5.41) is 39.6. The number of halogens is 1. The third-order valence-corrected chi connectivity index (χ3v) is 6.42. The summed E-state index contributed by atoms with van der Waals surface area (Å²) in [5.74, 6) is -2.75. The maximum absolute atomic E-state index is 10.2. The SMILES string of the molecule is CC1C2(c3ccc(Cl)cc3)OC(=N)C1(C#N)C(C#N)(C#N)C(c1cccn1C)O2. The highest BCUT2D eigenvalue weighted by Gasteiger charge is 2.80. The van der Waals surface area contributed by atoms with E-state index in [1.165, 1.54) is 0 Å². The van der Waals surface area contributed by atoms with Crippen molar-refractivity contribution in [1.29, 1.82) is 21.2 Å². The van der Waals surface area contributed by atoms with Crippen LogP contribution in [0.25, 0.3) is 0 Å². The lowest BCUT2D eigenvalue weighted by atomic mass is 9.54. The maximum Gasteiger partial charge on any atom is 0.244 e. The molecule has 0 saturated carbocycles. The van der Waals surface area contributed by atoms with Gasteiger partial charge in [-0.15, -0.1) is 0 Å². The monoisotopic (exact) mass is 405 g/mol. The Labute approximate surface area is 172 Å². The second-order valence-corrected chi connectivity index (χ2v) is 7.76. The zero-order chi connectivity index (χ0) is 21.0. The lowest BCUT2D eigenvalue weighted by Crippen LogP contribution is -2.57. The fourth-order valence-corrected chi connectivity index (χ4v) is 4.69. The lowest BCUT2D eigenvalue weighted by molar-refractivity contribution is -0.289. The van der Waals surface area contributed by atoms with Crippen molar-refractivity contribution < 1.29 is 9.47 Å². The Morgan fingerprint density at radius 1 is 1.10 bits per heavy atom. The van der Waals surface area contributed by atoms with Crippen molar-refractivity contribution in [2.45, 2.75) is 18.8 Å². The molecule has 0 aliphatic carbocycles. The van der Waals surface area contributed by atoms with E-state index in [0.29, 0.717) is 16.3 Å². The van der Waals surface area contributed by atoms with E-state index in [2.05, 4.69) is 6.07 Å². The largest absolute Gasteiger partial charge is 0.443 e. The van der Waals surface area contributed by atoms with E-state index in [0.717, 1.165) is 0 Å². The van der Waals surface area contributed by atoms with Crippen molar-refractivity contribution in [1.82, 2.24) is 4.57 Å². The Balaban J connectivity index is 2.05. The van der Waals surface area contributed by atoms with Crippen LogP contribution < -0.4 is 0 Å². The molecule has 7 nitrogen and oxygen atoms in total. The first kappa shape index (κ1) is 19.0. The van der Waals surface area contributed by atoms with Gasteiger partial charge in [-0.1, -0.05) is 30.7 Å². The van der Waals surface area contributed by atoms with E-state index in [1.807, 2.05) is 12.1 Å². The smallest absolute Gasteiger partial charge is 0.244 e. The Morgan fingerprint density at radius 2 is 1.76 bits per heavy atom. The van der Waals surface area contributed by atoms with Crippen LogP contribution in [0.4, 0.5) is 0 Å². The van der Waals surface area contributed by atoms with Gasteiger partial charge in [-0.05, 0) is 24.3 Å². The van der Waals surface area contributed by atoms with Gasteiger partial charge in [0.2, 0.25) is 17.1 Å². The van der Waals surface area contributed by atoms with Gasteiger partial charge in [0.15, 0.2) is 5.41 Å². The molecule has 0 amide bonds. The number of nitrogens with zero attached hydrogens (tertiary/aromatic N) is 4. The molecule has 144 valence electrons. The Bertz CT molecular complexity index is 1120. The minimum atomic E-state index is -1.98. The average Bonchev–Trinajstić information content (AvgIpc) is 3.20. The third kappa shape index (κ3) is 2.05. The van der Waals surface area contributed by atoms with Crippen LogP contribution in [0.3, 0.4) is 0 Å². The first-order chi connectivity index (χ1) is 13.8. The van der Waals surface area contributed by atoms with Gasteiger partial charge in [-0.3, -0.25) is 5.41 Å². The summed E-state index contributed by atoms with van der Waals surface area (Å²) in [6.07, 6.45) is 0.644. The third-order valence-electron chi connectivity index (χ3n) is 6.17. The van der Waals surface area contributed by atoms with Gasteiger partial charge < -0.3 is 14.0 Å². The summed E-state index contributed by atoms with van der Waals surface area (Å²) in [7, 11) is 1.76. The van der Waals surface area contributed by atoms with Crippen LogP contribution in [0, 0.1) is 56.2 Å². The van der Waals surface area contributed by atoms with Crippen LogP contribution >= 0.6 is 11.6 Å². The topological polar surface area (TPSA) is 119 Å². The van der Waals surface area contributed by atoms with E-state index < -0.39 is 34.5 Å². The standard InChI is InChI=1S/C21H16ClN5O2/c1-13-20(12-25)18(26)29-21(13,14-5-7-15(22)8-6-14)28-17(19(20,10-23)11-24)16-4-3-9-27(16)2/h3-9,13,17,26H,1-2H3. The van der Waals surface area contributed by atoms with E-state index in [9.17, 15) is 15.8 Å². The molecule has 0 radical (unpaired) electrons. The highest BCUT2D eigenvalue weighted by Crippen LogP contribution is 2.68. The van der Waals surface area contributed by atoms with E-state index in [4.69, 9.17) is 26.5 Å². The minimum absolute atomic E-state index is 0.442. The zero-order valence-corrected chi connectivity index (χ0v) is 16.4. The molecule has 4 unspecified atom stereocenters. The van der Waals surface area contributed by atoms with Gasteiger partial charge in [0.05, 0.1) is 24.1 Å². The molecule has 2 bridgehead atoms. The molecule has 3 heterocycles. The number of nitriles is 3. The van der Waals surface area contributed by atoms with Crippen LogP contribution in [0.1, 0.15) is 24.3 Å². The molecule has 2 aromatic rings. The Morgan fingerprint density at radius 3 is 2.28 bits per heavy atom. The lowest BCUT2D eigenvalue weighted by Gasteiger charge is -2.48. The molecule has 1 aromatic carbocycles. The van der Waals surface area contributed by atoms with Gasteiger partial charge in [0, 0.05) is 29.5 Å². The molecule has 0 spiro atoms. The van der Waals surface area contributed by atoms with Gasteiger partial charge in [0.25, 0.3) is 0 Å². The molecule has 2 fully saturated rings. The summed E-state index contributed by atoms with van der Waals surface area (Å²) in [4.78, 5) is 0. The van der Waals surface area contributed by atoms with E-state index in [-0.39, 0.29) is 0 Å². The number of benzene rings is 1. The van der Waals surface area contributed by atoms with Crippen LogP contribution in [0.2, 0.25) is 5.02 Å². The Kier molecular flexibility index (Phi) is 4.00. The number of ether oxygens (including phenoxy) is 2. The maximum atomic E-state index is 10.2. The predicted octanol–water partition coefficient (Wildman–Crippen LogP) is 3.79. The number of nitrogens with one attached hydrogen (secondary N) is 1. The average molecular weight is 406 g/mol. The summed E-state index contributed by atoms with van der Waals surface area (Å²) in [5.41, 5.74) is -2.70. The number of fused-ring (bicyclic) bond motifs is 2. The molecule has 1 N–H and O–H groups in total. The molecule has 4 atom stereocenters. The van der Waals surface area contributed by atoms with Crippen molar-refractivity contribution in [3.8, 4) is 18.2 Å².